The number of carbonyl (C=O) groups is 1. The number of ether oxygens (including phenoxy) is 1. The minimum Gasteiger partial charge on any atom is -0.475 e. The van der Waals surface area contributed by atoms with Gasteiger partial charge in [-0.2, -0.15) is 0 Å². The second-order valence-corrected chi connectivity index (χ2v) is 4.87. The number of aromatic carboxylic acids is 1. The number of hydrogen-bond donors (Lipinski definition) is 1. The molecular weight excluding hydrogens is 220 g/mol. The maximum Gasteiger partial charge on any atom is 0.371 e. The summed E-state index contributed by atoms with van der Waals surface area (Å²) in [5.74, 6) is -1.34. The SMILES string of the molecule is O=C(O)c1ccc(S(=O)C2CCOC2)o1. The zero-order chi connectivity index (χ0) is 10.8. The lowest BCUT2D eigenvalue weighted by Crippen LogP contribution is -2.14. The van der Waals surface area contributed by atoms with E-state index in [1.54, 1.807) is 0 Å². The Hall–Kier alpha value is -1.14. The van der Waals surface area contributed by atoms with E-state index in [4.69, 9.17) is 14.3 Å². The molecule has 0 spiro atoms. The Morgan fingerprint density at radius 3 is 2.87 bits per heavy atom. The normalized spacial score (nSPS) is 22.8. The lowest BCUT2D eigenvalue weighted by Gasteiger charge is -2.03. The molecule has 1 aromatic rings. The third kappa shape index (κ3) is 2.10. The summed E-state index contributed by atoms with van der Waals surface area (Å²) in [7, 11) is -1.31. The van der Waals surface area contributed by atoms with Crippen LogP contribution in [0.2, 0.25) is 0 Å². The third-order valence-corrected chi connectivity index (χ3v) is 3.77. The van der Waals surface area contributed by atoms with Crippen LogP contribution in [-0.2, 0) is 15.5 Å². The van der Waals surface area contributed by atoms with Crippen LogP contribution in [0.5, 0.6) is 0 Å². The molecule has 0 aromatic carbocycles. The number of furan rings is 1. The second kappa shape index (κ2) is 4.16. The van der Waals surface area contributed by atoms with E-state index < -0.39 is 16.8 Å². The van der Waals surface area contributed by atoms with Crippen molar-refractivity contribution < 1.29 is 23.3 Å². The molecule has 0 aliphatic carbocycles. The molecule has 5 nitrogen and oxygen atoms in total. The molecular formula is C9H10O5S. The molecule has 1 aliphatic heterocycles. The van der Waals surface area contributed by atoms with Gasteiger partial charge in [0.1, 0.15) is 0 Å². The zero-order valence-corrected chi connectivity index (χ0v) is 8.66. The second-order valence-electron chi connectivity index (χ2n) is 3.21. The van der Waals surface area contributed by atoms with Gasteiger partial charge in [-0.15, -0.1) is 0 Å². The largest absolute Gasteiger partial charge is 0.475 e. The molecule has 1 fully saturated rings. The summed E-state index contributed by atoms with van der Waals surface area (Å²) in [6, 6.07) is 2.75. The fraction of sp³-hybridized carbons (Fsp3) is 0.444. The zero-order valence-electron chi connectivity index (χ0n) is 7.84. The van der Waals surface area contributed by atoms with E-state index in [1.165, 1.54) is 12.1 Å². The average molecular weight is 230 g/mol. The first kappa shape index (κ1) is 10.4. The van der Waals surface area contributed by atoms with Gasteiger partial charge in [-0.3, -0.25) is 4.21 Å². The molecule has 1 aliphatic rings. The summed E-state index contributed by atoms with van der Waals surface area (Å²) >= 11 is 0. The van der Waals surface area contributed by atoms with Crippen LogP contribution in [-0.4, -0.2) is 33.7 Å². The lowest BCUT2D eigenvalue weighted by molar-refractivity contribution is 0.0656. The Morgan fingerprint density at radius 2 is 2.33 bits per heavy atom. The Labute approximate surface area is 88.5 Å². The maximum atomic E-state index is 11.8. The number of carboxylic acids is 1. The van der Waals surface area contributed by atoms with Crippen molar-refractivity contribution in [2.24, 2.45) is 0 Å². The van der Waals surface area contributed by atoms with Gasteiger partial charge in [0.05, 0.1) is 22.7 Å². The van der Waals surface area contributed by atoms with Gasteiger partial charge in [0.2, 0.25) is 5.76 Å². The standard InChI is InChI=1S/C9H10O5S/c10-9(11)7-1-2-8(14-7)15(12)6-3-4-13-5-6/h1-2,6H,3-5H2,(H,10,11). The molecule has 0 saturated carbocycles. The molecule has 6 heteroatoms. The Bertz CT molecular complexity index is 391. The van der Waals surface area contributed by atoms with E-state index in [9.17, 15) is 9.00 Å². The molecule has 1 saturated heterocycles. The summed E-state index contributed by atoms with van der Waals surface area (Å²) in [6.45, 7) is 1.04. The topological polar surface area (TPSA) is 76.7 Å². The third-order valence-electron chi connectivity index (χ3n) is 2.18. The Morgan fingerprint density at radius 1 is 1.53 bits per heavy atom. The van der Waals surface area contributed by atoms with Crippen LogP contribution in [0.1, 0.15) is 17.0 Å². The summed E-state index contributed by atoms with van der Waals surface area (Å²) in [4.78, 5) is 10.5. The van der Waals surface area contributed by atoms with Gasteiger partial charge in [0.25, 0.3) is 0 Å². The highest BCUT2D eigenvalue weighted by atomic mass is 32.2. The number of hydrogen-bond acceptors (Lipinski definition) is 4. The van der Waals surface area contributed by atoms with Gasteiger partial charge in [0.15, 0.2) is 5.09 Å². The van der Waals surface area contributed by atoms with E-state index in [-0.39, 0.29) is 16.1 Å². The first-order valence-electron chi connectivity index (χ1n) is 4.50. The Balaban J connectivity index is 2.14. The van der Waals surface area contributed by atoms with Crippen LogP contribution >= 0.6 is 0 Å². The van der Waals surface area contributed by atoms with Crippen LogP contribution in [0.4, 0.5) is 0 Å². The van der Waals surface area contributed by atoms with Gasteiger partial charge >= 0.3 is 5.97 Å². The van der Waals surface area contributed by atoms with E-state index >= 15 is 0 Å². The average Bonchev–Trinajstić information content (AvgIpc) is 2.88. The fourth-order valence-corrected chi connectivity index (χ4v) is 2.62. The molecule has 2 rings (SSSR count). The lowest BCUT2D eigenvalue weighted by atomic mass is 10.4. The van der Waals surface area contributed by atoms with Gasteiger partial charge in [0, 0.05) is 6.61 Å². The first-order chi connectivity index (χ1) is 7.18. The monoisotopic (exact) mass is 230 g/mol. The summed E-state index contributed by atoms with van der Waals surface area (Å²) in [5.41, 5.74) is 0. The minimum atomic E-state index is -1.31. The predicted octanol–water partition coefficient (Wildman–Crippen LogP) is 0.874. The summed E-state index contributed by atoms with van der Waals surface area (Å²) in [5, 5.41) is 8.75. The van der Waals surface area contributed by atoms with E-state index in [1.807, 2.05) is 0 Å². The van der Waals surface area contributed by atoms with Gasteiger partial charge in [-0.05, 0) is 18.6 Å². The predicted molar refractivity (Wildman–Crippen MR) is 51.3 cm³/mol. The van der Waals surface area contributed by atoms with Crippen LogP contribution in [0.15, 0.2) is 21.6 Å². The summed E-state index contributed by atoms with van der Waals surface area (Å²) in [6.07, 6.45) is 0.718. The minimum absolute atomic E-state index is 0.0854. The van der Waals surface area contributed by atoms with Crippen molar-refractivity contribution in [1.82, 2.24) is 0 Å². The van der Waals surface area contributed by atoms with Crippen molar-refractivity contribution in [2.75, 3.05) is 13.2 Å². The highest BCUT2D eigenvalue weighted by molar-refractivity contribution is 7.85. The molecule has 82 valence electrons. The van der Waals surface area contributed by atoms with Crippen molar-refractivity contribution in [3.8, 4) is 0 Å². The molecule has 1 aromatic heterocycles. The molecule has 1 N–H and O–H groups in total. The summed E-state index contributed by atoms with van der Waals surface area (Å²) < 4.78 is 21.9. The molecule has 0 radical (unpaired) electrons. The van der Waals surface area contributed by atoms with Gasteiger partial charge < -0.3 is 14.3 Å². The fourth-order valence-electron chi connectivity index (χ4n) is 1.39. The van der Waals surface area contributed by atoms with Crippen molar-refractivity contribution in [2.45, 2.75) is 16.8 Å². The quantitative estimate of drug-likeness (QED) is 0.833. The van der Waals surface area contributed by atoms with Crippen LogP contribution < -0.4 is 0 Å². The highest BCUT2D eigenvalue weighted by Crippen LogP contribution is 2.20. The van der Waals surface area contributed by atoms with Gasteiger partial charge in [-0.1, -0.05) is 0 Å². The Kier molecular flexibility index (Phi) is 2.88. The maximum absolute atomic E-state index is 11.8. The molecule has 2 heterocycles. The van der Waals surface area contributed by atoms with Crippen LogP contribution in [0.25, 0.3) is 0 Å². The molecule has 2 unspecified atom stereocenters. The van der Waals surface area contributed by atoms with Crippen molar-refractivity contribution in [3.63, 3.8) is 0 Å². The van der Waals surface area contributed by atoms with Crippen LogP contribution in [0, 0.1) is 0 Å². The van der Waals surface area contributed by atoms with E-state index in [0.717, 1.165) is 6.42 Å². The highest BCUT2D eigenvalue weighted by Gasteiger charge is 2.26. The molecule has 0 bridgehead atoms. The molecule has 2 atom stereocenters. The molecule has 15 heavy (non-hydrogen) atoms. The number of rotatable bonds is 3. The van der Waals surface area contributed by atoms with E-state index in [0.29, 0.717) is 13.2 Å². The van der Waals surface area contributed by atoms with Crippen LogP contribution in [0.3, 0.4) is 0 Å². The first-order valence-corrected chi connectivity index (χ1v) is 5.71. The van der Waals surface area contributed by atoms with E-state index in [2.05, 4.69) is 0 Å². The molecule has 0 amide bonds. The van der Waals surface area contributed by atoms with Gasteiger partial charge in [-0.25, -0.2) is 4.79 Å². The van der Waals surface area contributed by atoms with Crippen molar-refractivity contribution in [1.29, 1.82) is 0 Å². The smallest absolute Gasteiger partial charge is 0.371 e. The number of carboxylic acid groups (broad SMARTS) is 1. The van der Waals surface area contributed by atoms with Crippen molar-refractivity contribution in [3.05, 3.63) is 17.9 Å². The van der Waals surface area contributed by atoms with Crippen molar-refractivity contribution >= 4 is 16.8 Å².